The summed E-state index contributed by atoms with van der Waals surface area (Å²) < 4.78 is 5.29. The third kappa shape index (κ3) is 3.73. The van der Waals surface area contributed by atoms with Crippen molar-refractivity contribution in [3.05, 3.63) is 35.2 Å². The maximum atomic E-state index is 9.60. The average molecular weight is 308 g/mol. The molecule has 0 radical (unpaired) electrons. The molecule has 0 fully saturated rings. The minimum absolute atomic E-state index is 0.0776. The van der Waals surface area contributed by atoms with Gasteiger partial charge < -0.3 is 15.6 Å². The number of phenolic OH excluding ortho intramolecular Hbond substituents is 1. The van der Waals surface area contributed by atoms with Crippen LogP contribution in [-0.2, 0) is 0 Å². The third-order valence-corrected chi connectivity index (χ3v) is 2.80. The summed E-state index contributed by atoms with van der Waals surface area (Å²) in [5, 5.41) is 13.8. The molecule has 1 aromatic heterocycles. The number of halogens is 1. The zero-order chi connectivity index (χ0) is 15.2. The Labute approximate surface area is 126 Å². The molecule has 0 atom stereocenters. The van der Waals surface area contributed by atoms with Crippen LogP contribution in [0.15, 0.2) is 29.6 Å². The minimum Gasteiger partial charge on any atom is -0.504 e. The number of nitrogen functional groups attached to an aromatic ring is 1. The number of anilines is 2. The largest absolute Gasteiger partial charge is 0.504 e. The number of hydrogen-bond donors (Lipinski definition) is 3. The number of ether oxygens (including phenoxy) is 1. The van der Waals surface area contributed by atoms with Gasteiger partial charge in [-0.1, -0.05) is 11.6 Å². The van der Waals surface area contributed by atoms with Gasteiger partial charge in [0.2, 0.25) is 0 Å². The number of hydrogen-bond acceptors (Lipinski definition) is 7. The van der Waals surface area contributed by atoms with Crippen LogP contribution in [0.25, 0.3) is 0 Å². The summed E-state index contributed by atoms with van der Waals surface area (Å²) in [5.41, 5.74) is 9.33. The monoisotopic (exact) mass is 307 g/mol. The summed E-state index contributed by atoms with van der Waals surface area (Å²) in [5.74, 6) is 0.787. The van der Waals surface area contributed by atoms with E-state index in [2.05, 4.69) is 20.5 Å². The SMILES string of the molecule is CCOc1cc(/C=N\Nc2ncnc(Cl)c2N)ccc1O. The normalized spacial score (nSPS) is 10.8. The van der Waals surface area contributed by atoms with Gasteiger partial charge in [0.15, 0.2) is 22.5 Å². The second-order valence-corrected chi connectivity index (χ2v) is 4.31. The first-order valence-electron chi connectivity index (χ1n) is 6.12. The minimum atomic E-state index is 0.0776. The number of aromatic nitrogens is 2. The number of nitrogens with two attached hydrogens (primary N) is 1. The second kappa shape index (κ2) is 6.76. The molecule has 0 spiro atoms. The van der Waals surface area contributed by atoms with Crippen molar-refractivity contribution in [2.24, 2.45) is 5.10 Å². The van der Waals surface area contributed by atoms with Crippen molar-refractivity contribution in [3.8, 4) is 11.5 Å². The van der Waals surface area contributed by atoms with Gasteiger partial charge in [0.25, 0.3) is 0 Å². The number of nitrogens with zero attached hydrogens (tertiary/aromatic N) is 3. The third-order valence-electron chi connectivity index (χ3n) is 2.50. The molecule has 21 heavy (non-hydrogen) atoms. The highest BCUT2D eigenvalue weighted by molar-refractivity contribution is 6.32. The van der Waals surface area contributed by atoms with Crippen LogP contribution in [0.5, 0.6) is 11.5 Å². The van der Waals surface area contributed by atoms with E-state index in [1.54, 1.807) is 12.1 Å². The fourth-order valence-electron chi connectivity index (χ4n) is 1.51. The van der Waals surface area contributed by atoms with Gasteiger partial charge in [-0.25, -0.2) is 9.97 Å². The zero-order valence-electron chi connectivity index (χ0n) is 11.2. The lowest BCUT2D eigenvalue weighted by Gasteiger charge is -2.06. The molecule has 0 aliphatic heterocycles. The van der Waals surface area contributed by atoms with Crippen LogP contribution in [0.2, 0.25) is 5.15 Å². The van der Waals surface area contributed by atoms with Crippen molar-refractivity contribution >= 4 is 29.3 Å². The van der Waals surface area contributed by atoms with Gasteiger partial charge in [-0.2, -0.15) is 5.10 Å². The van der Waals surface area contributed by atoms with Crippen LogP contribution >= 0.6 is 11.6 Å². The highest BCUT2D eigenvalue weighted by atomic mass is 35.5. The molecular formula is C13H14ClN5O2. The Kier molecular flexibility index (Phi) is 4.78. The number of nitrogens with one attached hydrogen (secondary N) is 1. The van der Waals surface area contributed by atoms with Crippen molar-refractivity contribution in [1.29, 1.82) is 0 Å². The Balaban J connectivity index is 2.11. The molecule has 0 saturated heterocycles. The molecule has 0 aliphatic rings. The quantitative estimate of drug-likeness (QED) is 0.444. The van der Waals surface area contributed by atoms with Crippen LogP contribution in [0.1, 0.15) is 12.5 Å². The molecule has 2 rings (SSSR count). The first kappa shape index (κ1) is 14.9. The van der Waals surface area contributed by atoms with E-state index in [1.807, 2.05) is 6.92 Å². The smallest absolute Gasteiger partial charge is 0.174 e. The first-order valence-corrected chi connectivity index (χ1v) is 6.50. The van der Waals surface area contributed by atoms with E-state index in [9.17, 15) is 5.11 Å². The highest BCUT2D eigenvalue weighted by Gasteiger charge is 2.05. The summed E-state index contributed by atoms with van der Waals surface area (Å²) >= 11 is 5.77. The number of hydrazone groups is 1. The second-order valence-electron chi connectivity index (χ2n) is 3.96. The molecule has 1 aromatic carbocycles. The standard InChI is InChI=1S/C13H14ClN5O2/c1-2-21-10-5-8(3-4-9(10)20)6-18-19-13-11(15)12(14)16-7-17-13/h3-7,20H,2,15H2,1H3,(H,16,17,19)/b18-6-. The van der Waals surface area contributed by atoms with Crippen molar-refractivity contribution in [1.82, 2.24) is 9.97 Å². The van der Waals surface area contributed by atoms with Crippen LogP contribution in [0, 0.1) is 0 Å². The molecule has 0 amide bonds. The number of aromatic hydroxyl groups is 1. The molecule has 4 N–H and O–H groups in total. The topological polar surface area (TPSA) is 106 Å². The van der Waals surface area contributed by atoms with E-state index in [-0.39, 0.29) is 16.6 Å². The van der Waals surface area contributed by atoms with Gasteiger partial charge in [0, 0.05) is 0 Å². The Morgan fingerprint density at radius 3 is 3.05 bits per heavy atom. The molecule has 0 bridgehead atoms. The lowest BCUT2D eigenvalue weighted by molar-refractivity contribution is 0.318. The summed E-state index contributed by atoms with van der Waals surface area (Å²) in [6.07, 6.45) is 2.82. The van der Waals surface area contributed by atoms with Gasteiger partial charge in [-0.3, -0.25) is 5.43 Å². The molecule has 0 aliphatic carbocycles. The lowest BCUT2D eigenvalue weighted by atomic mass is 10.2. The fraction of sp³-hybridized carbons (Fsp3) is 0.154. The zero-order valence-corrected chi connectivity index (χ0v) is 12.0. The van der Waals surface area contributed by atoms with E-state index in [4.69, 9.17) is 22.1 Å². The van der Waals surface area contributed by atoms with E-state index < -0.39 is 0 Å². The van der Waals surface area contributed by atoms with Crippen LogP contribution < -0.4 is 15.9 Å². The summed E-state index contributed by atoms with van der Waals surface area (Å²) in [6, 6.07) is 4.89. The van der Waals surface area contributed by atoms with Crippen molar-refractivity contribution in [2.75, 3.05) is 17.8 Å². The van der Waals surface area contributed by atoms with E-state index in [0.717, 1.165) is 5.56 Å². The molecule has 2 aromatic rings. The fourth-order valence-corrected chi connectivity index (χ4v) is 1.65. The van der Waals surface area contributed by atoms with Gasteiger partial charge in [0.05, 0.1) is 12.8 Å². The molecule has 0 unspecified atom stereocenters. The van der Waals surface area contributed by atoms with Crippen molar-refractivity contribution in [2.45, 2.75) is 6.92 Å². The van der Waals surface area contributed by atoms with E-state index in [1.165, 1.54) is 18.6 Å². The Bertz CT molecular complexity index is 663. The maximum Gasteiger partial charge on any atom is 0.174 e. The van der Waals surface area contributed by atoms with Crippen molar-refractivity contribution in [3.63, 3.8) is 0 Å². The maximum absolute atomic E-state index is 9.60. The lowest BCUT2D eigenvalue weighted by Crippen LogP contribution is -2.01. The van der Waals surface area contributed by atoms with E-state index >= 15 is 0 Å². The molecule has 0 saturated carbocycles. The van der Waals surface area contributed by atoms with E-state index in [0.29, 0.717) is 18.2 Å². The molecule has 8 heteroatoms. The van der Waals surface area contributed by atoms with Gasteiger partial charge in [-0.15, -0.1) is 0 Å². The Hall–Kier alpha value is -2.54. The van der Waals surface area contributed by atoms with Crippen molar-refractivity contribution < 1.29 is 9.84 Å². The summed E-state index contributed by atoms with van der Waals surface area (Å²) in [7, 11) is 0. The summed E-state index contributed by atoms with van der Waals surface area (Å²) in [6.45, 7) is 2.30. The van der Waals surface area contributed by atoms with Crippen LogP contribution in [0.4, 0.5) is 11.5 Å². The molecule has 7 nitrogen and oxygen atoms in total. The van der Waals surface area contributed by atoms with Gasteiger partial charge in [0.1, 0.15) is 12.0 Å². The molecule has 110 valence electrons. The number of rotatable bonds is 5. The Morgan fingerprint density at radius 1 is 1.48 bits per heavy atom. The Morgan fingerprint density at radius 2 is 2.29 bits per heavy atom. The first-order chi connectivity index (χ1) is 10.1. The number of phenols is 1. The van der Waals surface area contributed by atoms with Gasteiger partial charge >= 0.3 is 0 Å². The van der Waals surface area contributed by atoms with Crippen LogP contribution in [-0.4, -0.2) is 27.9 Å². The van der Waals surface area contributed by atoms with Gasteiger partial charge in [-0.05, 0) is 30.7 Å². The predicted octanol–water partition coefficient (Wildman–Crippen LogP) is 2.26. The highest BCUT2D eigenvalue weighted by Crippen LogP contribution is 2.26. The number of benzene rings is 1. The average Bonchev–Trinajstić information content (AvgIpc) is 2.47. The molecule has 1 heterocycles. The predicted molar refractivity (Wildman–Crippen MR) is 81.9 cm³/mol. The molecular weight excluding hydrogens is 294 g/mol. The van der Waals surface area contributed by atoms with Crippen LogP contribution in [0.3, 0.4) is 0 Å². The summed E-state index contributed by atoms with van der Waals surface area (Å²) in [4.78, 5) is 7.66.